The molecule has 26 heavy (non-hydrogen) atoms. The van der Waals surface area contributed by atoms with Crippen molar-refractivity contribution < 1.29 is 22.7 Å². The van der Waals surface area contributed by atoms with Gasteiger partial charge in [0.15, 0.2) is 6.61 Å². The van der Waals surface area contributed by atoms with Crippen molar-refractivity contribution in [3.8, 4) is 0 Å². The number of carbonyl (C=O) groups excluding carboxylic acids is 2. The molecule has 1 fully saturated rings. The number of sulfonamides is 1. The van der Waals surface area contributed by atoms with Crippen LogP contribution in [-0.2, 0) is 26.1 Å². The van der Waals surface area contributed by atoms with Gasteiger partial charge in [0.2, 0.25) is 10.0 Å². The van der Waals surface area contributed by atoms with E-state index in [9.17, 15) is 18.0 Å². The minimum Gasteiger partial charge on any atom is -0.452 e. The predicted molar refractivity (Wildman–Crippen MR) is 96.2 cm³/mol. The standard InChI is InChI=1S/C17H18N2O5S2/c20-16(19-13-6-7-13)11-24-17(21)12-3-1-5-15(9-12)26(22,23)18-10-14-4-2-8-25-14/h1-5,8-9,13,18H,6-7,10-11H2,(H,19,20). The summed E-state index contributed by atoms with van der Waals surface area (Å²) in [7, 11) is -3.76. The van der Waals surface area contributed by atoms with Crippen molar-refractivity contribution in [2.75, 3.05) is 6.61 Å². The molecule has 1 heterocycles. The maximum atomic E-state index is 12.4. The Morgan fingerprint density at radius 1 is 1.19 bits per heavy atom. The minimum atomic E-state index is -3.76. The molecule has 1 aliphatic carbocycles. The van der Waals surface area contributed by atoms with Crippen molar-refractivity contribution in [1.82, 2.24) is 10.0 Å². The molecule has 0 saturated heterocycles. The van der Waals surface area contributed by atoms with Gasteiger partial charge in [-0.2, -0.15) is 0 Å². The smallest absolute Gasteiger partial charge is 0.338 e. The maximum Gasteiger partial charge on any atom is 0.338 e. The third kappa shape index (κ3) is 5.13. The fourth-order valence-corrected chi connectivity index (χ4v) is 3.95. The van der Waals surface area contributed by atoms with Crippen LogP contribution in [-0.4, -0.2) is 32.9 Å². The van der Waals surface area contributed by atoms with Crippen LogP contribution in [0.4, 0.5) is 0 Å². The molecule has 0 unspecified atom stereocenters. The summed E-state index contributed by atoms with van der Waals surface area (Å²) in [5.41, 5.74) is 0.0724. The summed E-state index contributed by atoms with van der Waals surface area (Å²) in [6.45, 7) is -0.209. The maximum absolute atomic E-state index is 12.4. The molecule has 0 radical (unpaired) electrons. The Bertz CT molecular complexity index is 890. The van der Waals surface area contributed by atoms with E-state index in [1.54, 1.807) is 0 Å². The second-order valence-electron chi connectivity index (χ2n) is 5.85. The van der Waals surface area contributed by atoms with E-state index in [1.165, 1.54) is 35.6 Å². The number of rotatable bonds is 8. The third-order valence-corrected chi connectivity index (χ3v) is 5.95. The average molecular weight is 394 g/mol. The fraction of sp³-hybridized carbons (Fsp3) is 0.294. The summed E-state index contributed by atoms with van der Waals surface area (Å²) in [6.07, 6.45) is 1.89. The second kappa shape index (κ2) is 7.98. The van der Waals surface area contributed by atoms with Gasteiger partial charge >= 0.3 is 5.97 Å². The Morgan fingerprint density at radius 2 is 2.00 bits per heavy atom. The quantitative estimate of drug-likeness (QED) is 0.663. The van der Waals surface area contributed by atoms with Gasteiger partial charge in [-0.15, -0.1) is 11.3 Å². The summed E-state index contributed by atoms with van der Waals surface area (Å²) in [6, 6.07) is 9.38. The van der Waals surface area contributed by atoms with Crippen molar-refractivity contribution in [3.05, 3.63) is 52.2 Å². The Hall–Kier alpha value is -2.23. The predicted octanol–water partition coefficient (Wildman–Crippen LogP) is 1.66. The highest BCUT2D eigenvalue weighted by Crippen LogP contribution is 2.18. The van der Waals surface area contributed by atoms with Crippen LogP contribution in [0.3, 0.4) is 0 Å². The van der Waals surface area contributed by atoms with Gasteiger partial charge in [-0.25, -0.2) is 17.9 Å². The Balaban J connectivity index is 1.60. The number of nitrogens with one attached hydrogen (secondary N) is 2. The zero-order valence-corrected chi connectivity index (χ0v) is 15.4. The van der Waals surface area contributed by atoms with E-state index in [1.807, 2.05) is 17.5 Å². The van der Waals surface area contributed by atoms with Crippen LogP contribution in [0.2, 0.25) is 0 Å². The van der Waals surface area contributed by atoms with Crippen LogP contribution in [0, 0.1) is 0 Å². The first kappa shape index (κ1) is 18.6. The first-order valence-electron chi connectivity index (χ1n) is 8.02. The molecule has 0 atom stereocenters. The lowest BCUT2D eigenvalue weighted by Gasteiger charge is -2.08. The SMILES string of the molecule is O=C(COC(=O)c1cccc(S(=O)(=O)NCc2cccs2)c1)NC1CC1. The van der Waals surface area contributed by atoms with E-state index >= 15 is 0 Å². The highest BCUT2D eigenvalue weighted by molar-refractivity contribution is 7.89. The molecule has 3 rings (SSSR count). The molecular formula is C17H18N2O5S2. The van der Waals surface area contributed by atoms with Gasteiger partial charge in [0.1, 0.15) is 0 Å². The number of thiophene rings is 1. The van der Waals surface area contributed by atoms with E-state index in [0.29, 0.717) is 0 Å². The largest absolute Gasteiger partial charge is 0.452 e. The molecular weight excluding hydrogens is 376 g/mol. The summed E-state index contributed by atoms with van der Waals surface area (Å²) < 4.78 is 32.2. The van der Waals surface area contributed by atoms with Gasteiger partial charge in [0.05, 0.1) is 10.5 Å². The summed E-state index contributed by atoms with van der Waals surface area (Å²) >= 11 is 1.45. The van der Waals surface area contributed by atoms with Crippen LogP contribution >= 0.6 is 11.3 Å². The lowest BCUT2D eigenvalue weighted by molar-refractivity contribution is -0.124. The molecule has 1 aliphatic rings. The lowest BCUT2D eigenvalue weighted by Crippen LogP contribution is -2.30. The van der Waals surface area contributed by atoms with E-state index in [2.05, 4.69) is 10.0 Å². The van der Waals surface area contributed by atoms with E-state index in [-0.39, 0.29) is 35.6 Å². The summed E-state index contributed by atoms with van der Waals surface area (Å²) in [5, 5.41) is 4.57. The zero-order chi connectivity index (χ0) is 18.6. The molecule has 1 aromatic carbocycles. The number of esters is 1. The van der Waals surface area contributed by atoms with Gasteiger partial charge in [0, 0.05) is 17.5 Å². The number of amides is 1. The Morgan fingerprint density at radius 3 is 2.69 bits per heavy atom. The summed E-state index contributed by atoms with van der Waals surface area (Å²) in [5.74, 6) is -1.10. The normalized spacial score (nSPS) is 14.0. The van der Waals surface area contributed by atoms with E-state index < -0.39 is 16.0 Å². The third-order valence-electron chi connectivity index (χ3n) is 3.67. The van der Waals surface area contributed by atoms with Crippen molar-refractivity contribution in [1.29, 1.82) is 0 Å². The van der Waals surface area contributed by atoms with Crippen molar-refractivity contribution in [2.24, 2.45) is 0 Å². The molecule has 1 amide bonds. The van der Waals surface area contributed by atoms with Crippen molar-refractivity contribution in [2.45, 2.75) is 30.3 Å². The van der Waals surface area contributed by atoms with Crippen LogP contribution in [0.15, 0.2) is 46.7 Å². The molecule has 1 aromatic heterocycles. The van der Waals surface area contributed by atoms with Crippen LogP contribution in [0.5, 0.6) is 0 Å². The monoisotopic (exact) mass is 394 g/mol. The topological polar surface area (TPSA) is 102 Å². The van der Waals surface area contributed by atoms with Gasteiger partial charge in [-0.05, 0) is 42.5 Å². The molecule has 0 spiro atoms. The zero-order valence-electron chi connectivity index (χ0n) is 13.8. The summed E-state index contributed by atoms with van der Waals surface area (Å²) in [4.78, 5) is 24.5. The lowest BCUT2D eigenvalue weighted by atomic mass is 10.2. The van der Waals surface area contributed by atoms with Gasteiger partial charge < -0.3 is 10.1 Å². The first-order chi connectivity index (χ1) is 12.4. The molecule has 0 aliphatic heterocycles. The number of ether oxygens (including phenoxy) is 1. The van der Waals surface area contributed by atoms with E-state index in [0.717, 1.165) is 17.7 Å². The molecule has 0 bridgehead atoms. The molecule has 1 saturated carbocycles. The fourth-order valence-electron chi connectivity index (χ4n) is 2.16. The van der Waals surface area contributed by atoms with Crippen LogP contribution < -0.4 is 10.0 Å². The number of hydrogen-bond donors (Lipinski definition) is 2. The minimum absolute atomic E-state index is 0.0362. The molecule has 7 nitrogen and oxygen atoms in total. The molecule has 2 aromatic rings. The Labute approximate surface area is 155 Å². The average Bonchev–Trinajstić information content (AvgIpc) is 3.28. The van der Waals surface area contributed by atoms with Crippen LogP contribution in [0.25, 0.3) is 0 Å². The highest BCUT2D eigenvalue weighted by Gasteiger charge is 2.24. The Kier molecular flexibility index (Phi) is 5.70. The number of benzene rings is 1. The van der Waals surface area contributed by atoms with Gasteiger partial charge in [-0.3, -0.25) is 4.79 Å². The number of carbonyl (C=O) groups is 2. The van der Waals surface area contributed by atoms with Crippen molar-refractivity contribution in [3.63, 3.8) is 0 Å². The molecule has 2 N–H and O–H groups in total. The molecule has 138 valence electrons. The van der Waals surface area contributed by atoms with Crippen molar-refractivity contribution >= 4 is 33.2 Å². The first-order valence-corrected chi connectivity index (χ1v) is 10.4. The highest BCUT2D eigenvalue weighted by atomic mass is 32.2. The number of hydrogen-bond acceptors (Lipinski definition) is 6. The molecule has 9 heteroatoms. The van der Waals surface area contributed by atoms with Gasteiger partial charge in [-0.1, -0.05) is 12.1 Å². The van der Waals surface area contributed by atoms with Gasteiger partial charge in [0.25, 0.3) is 5.91 Å². The van der Waals surface area contributed by atoms with E-state index in [4.69, 9.17) is 4.74 Å². The van der Waals surface area contributed by atoms with Crippen LogP contribution in [0.1, 0.15) is 28.1 Å². The second-order valence-corrected chi connectivity index (χ2v) is 8.65.